The van der Waals surface area contributed by atoms with Crippen molar-refractivity contribution in [1.29, 1.82) is 0 Å². The van der Waals surface area contributed by atoms with Crippen LogP contribution < -0.4 is 15.0 Å². The number of aromatic nitrogens is 2. The number of ether oxygens (including phenoxy) is 2. The summed E-state index contributed by atoms with van der Waals surface area (Å²) in [6.45, 7) is -2.99. The van der Waals surface area contributed by atoms with Crippen molar-refractivity contribution < 1.29 is 27.8 Å². The first-order chi connectivity index (χ1) is 14.4. The minimum absolute atomic E-state index is 0.0448. The molecule has 2 aromatic carbocycles. The maximum absolute atomic E-state index is 12.7. The standard InChI is InChI=1S/C21H16F2N2O5/c1-29-18-7-5-14(10-19(18)30-21(22)23)16-6-8-20(28)25(24-16)11-13-3-2-4-15(9-13)17(27)12-26/h2-10,12,21H,11H2,1H3. The Morgan fingerprint density at radius 1 is 1.13 bits per heavy atom. The molecule has 3 aromatic rings. The first-order valence-corrected chi connectivity index (χ1v) is 8.71. The highest BCUT2D eigenvalue weighted by atomic mass is 19.3. The van der Waals surface area contributed by atoms with Crippen molar-refractivity contribution in [1.82, 2.24) is 9.78 Å². The lowest BCUT2D eigenvalue weighted by Crippen LogP contribution is -2.23. The number of nitrogens with zero attached hydrogens (tertiary/aromatic N) is 2. The van der Waals surface area contributed by atoms with Crippen molar-refractivity contribution in [2.45, 2.75) is 13.2 Å². The van der Waals surface area contributed by atoms with Gasteiger partial charge in [0, 0.05) is 17.2 Å². The molecule has 0 spiro atoms. The molecule has 3 rings (SSSR count). The van der Waals surface area contributed by atoms with E-state index in [0.717, 1.165) is 4.68 Å². The highest BCUT2D eigenvalue weighted by molar-refractivity contribution is 6.33. The van der Waals surface area contributed by atoms with Crippen LogP contribution in [0.2, 0.25) is 0 Å². The van der Waals surface area contributed by atoms with Crippen LogP contribution in [0.25, 0.3) is 11.3 Å². The fraction of sp³-hybridized carbons (Fsp3) is 0.143. The van der Waals surface area contributed by atoms with E-state index in [4.69, 9.17) is 4.74 Å². The fourth-order valence-electron chi connectivity index (χ4n) is 2.80. The van der Waals surface area contributed by atoms with Crippen molar-refractivity contribution in [2.75, 3.05) is 7.11 Å². The Labute approximate surface area is 169 Å². The summed E-state index contributed by atoms with van der Waals surface area (Å²) in [5.74, 6) is -0.704. The Hall–Kier alpha value is -3.88. The lowest BCUT2D eigenvalue weighted by atomic mass is 10.1. The van der Waals surface area contributed by atoms with E-state index < -0.39 is 18.0 Å². The number of hydrogen-bond acceptors (Lipinski definition) is 6. The normalized spacial score (nSPS) is 10.7. The Balaban J connectivity index is 1.95. The van der Waals surface area contributed by atoms with Gasteiger partial charge in [-0.2, -0.15) is 13.9 Å². The Kier molecular flexibility index (Phi) is 6.31. The number of ketones is 1. The number of aldehydes is 1. The van der Waals surface area contributed by atoms with Crippen LogP contribution in [0, 0.1) is 0 Å². The van der Waals surface area contributed by atoms with Crippen LogP contribution in [0.3, 0.4) is 0 Å². The van der Waals surface area contributed by atoms with Gasteiger partial charge in [-0.25, -0.2) is 4.68 Å². The fourth-order valence-corrected chi connectivity index (χ4v) is 2.80. The van der Waals surface area contributed by atoms with Gasteiger partial charge in [-0.3, -0.25) is 14.4 Å². The molecule has 0 radical (unpaired) electrons. The number of alkyl halides is 2. The molecule has 1 aromatic heterocycles. The van der Waals surface area contributed by atoms with Crippen LogP contribution in [-0.4, -0.2) is 35.6 Å². The topological polar surface area (TPSA) is 87.5 Å². The molecule has 0 saturated carbocycles. The van der Waals surface area contributed by atoms with Gasteiger partial charge in [0.1, 0.15) is 0 Å². The Morgan fingerprint density at radius 2 is 1.93 bits per heavy atom. The van der Waals surface area contributed by atoms with E-state index in [1.165, 1.54) is 43.5 Å². The monoisotopic (exact) mass is 414 g/mol. The number of rotatable bonds is 8. The molecule has 0 unspecified atom stereocenters. The summed E-state index contributed by atoms with van der Waals surface area (Å²) >= 11 is 0. The number of carbonyl (C=O) groups excluding carboxylic acids is 2. The maximum atomic E-state index is 12.7. The van der Waals surface area contributed by atoms with Gasteiger partial charge in [0.2, 0.25) is 5.78 Å². The van der Waals surface area contributed by atoms with E-state index in [9.17, 15) is 23.2 Å². The van der Waals surface area contributed by atoms with Crippen molar-refractivity contribution >= 4 is 12.1 Å². The summed E-state index contributed by atoms with van der Waals surface area (Å²) < 4.78 is 36.0. The Bertz CT molecular complexity index is 1140. The van der Waals surface area contributed by atoms with Crippen LogP contribution in [-0.2, 0) is 11.3 Å². The van der Waals surface area contributed by atoms with Crippen molar-refractivity contribution in [3.63, 3.8) is 0 Å². The lowest BCUT2D eigenvalue weighted by molar-refractivity contribution is -0.104. The predicted molar refractivity (Wildman–Crippen MR) is 103 cm³/mol. The second kappa shape index (κ2) is 9.08. The molecule has 0 amide bonds. The minimum Gasteiger partial charge on any atom is -0.493 e. The van der Waals surface area contributed by atoms with E-state index in [0.29, 0.717) is 16.8 Å². The second-order valence-corrected chi connectivity index (χ2v) is 6.14. The summed E-state index contributed by atoms with van der Waals surface area (Å²) in [7, 11) is 1.33. The van der Waals surface area contributed by atoms with E-state index in [1.54, 1.807) is 18.2 Å². The molecular weight excluding hydrogens is 398 g/mol. The molecule has 0 aliphatic heterocycles. The van der Waals surface area contributed by atoms with Crippen molar-refractivity contribution in [2.24, 2.45) is 0 Å². The van der Waals surface area contributed by atoms with Crippen molar-refractivity contribution in [3.05, 3.63) is 76.1 Å². The summed E-state index contributed by atoms with van der Waals surface area (Å²) in [5.41, 5.74) is 1.17. The third-order valence-electron chi connectivity index (χ3n) is 4.19. The van der Waals surface area contributed by atoms with E-state index in [1.807, 2.05) is 0 Å². The van der Waals surface area contributed by atoms with Crippen LogP contribution in [0.15, 0.2) is 59.4 Å². The summed E-state index contributed by atoms with van der Waals surface area (Å²) in [6.07, 6.45) is 0.215. The molecule has 7 nitrogen and oxygen atoms in total. The smallest absolute Gasteiger partial charge is 0.387 e. The average Bonchev–Trinajstić information content (AvgIpc) is 2.74. The molecule has 0 bridgehead atoms. The average molecular weight is 414 g/mol. The van der Waals surface area contributed by atoms with Gasteiger partial charge >= 0.3 is 6.61 Å². The molecule has 0 atom stereocenters. The molecule has 0 aliphatic rings. The number of halogens is 2. The van der Waals surface area contributed by atoms with Gasteiger partial charge < -0.3 is 9.47 Å². The van der Waals surface area contributed by atoms with Gasteiger partial charge in [-0.05, 0) is 35.9 Å². The molecule has 9 heteroatoms. The summed E-state index contributed by atoms with van der Waals surface area (Å²) in [5, 5.41) is 4.27. The van der Waals surface area contributed by atoms with Gasteiger partial charge in [-0.15, -0.1) is 0 Å². The first kappa shape index (κ1) is 20.8. The van der Waals surface area contributed by atoms with Gasteiger partial charge in [0.05, 0.1) is 19.3 Å². The van der Waals surface area contributed by atoms with E-state index in [-0.39, 0.29) is 29.9 Å². The number of benzene rings is 2. The van der Waals surface area contributed by atoms with Gasteiger partial charge in [-0.1, -0.05) is 18.2 Å². The number of hydrogen-bond donors (Lipinski definition) is 0. The zero-order chi connectivity index (χ0) is 21.7. The van der Waals surface area contributed by atoms with Crippen LogP contribution >= 0.6 is 0 Å². The molecule has 154 valence electrons. The summed E-state index contributed by atoms with van der Waals surface area (Å²) in [4.78, 5) is 34.5. The quantitative estimate of drug-likeness (QED) is 0.320. The number of carbonyl (C=O) groups is 2. The second-order valence-electron chi connectivity index (χ2n) is 6.14. The molecule has 0 fully saturated rings. The lowest BCUT2D eigenvalue weighted by Gasteiger charge is -2.12. The van der Waals surface area contributed by atoms with E-state index >= 15 is 0 Å². The van der Waals surface area contributed by atoms with Crippen LogP contribution in [0.1, 0.15) is 15.9 Å². The molecular formula is C21H16F2N2O5. The number of Topliss-reactive ketones (excluding diaryl/α,β-unsaturated/α-hetero) is 1. The van der Waals surface area contributed by atoms with Crippen LogP contribution in [0.5, 0.6) is 11.5 Å². The maximum Gasteiger partial charge on any atom is 0.387 e. The molecule has 30 heavy (non-hydrogen) atoms. The van der Waals surface area contributed by atoms with Crippen LogP contribution in [0.4, 0.5) is 8.78 Å². The van der Waals surface area contributed by atoms with E-state index in [2.05, 4.69) is 9.84 Å². The zero-order valence-corrected chi connectivity index (χ0v) is 15.7. The highest BCUT2D eigenvalue weighted by Gasteiger charge is 2.13. The van der Waals surface area contributed by atoms with Gasteiger partial charge in [0.15, 0.2) is 17.8 Å². The molecule has 1 heterocycles. The third-order valence-corrected chi connectivity index (χ3v) is 4.19. The van der Waals surface area contributed by atoms with Gasteiger partial charge in [0.25, 0.3) is 5.56 Å². The SMILES string of the molecule is COc1ccc(-c2ccc(=O)n(Cc3cccc(C(=O)C=O)c3)n2)cc1OC(F)F. The number of methoxy groups -OCH3 is 1. The molecule has 0 N–H and O–H groups in total. The predicted octanol–water partition coefficient (Wildman–Crippen LogP) is 2.95. The zero-order valence-electron chi connectivity index (χ0n) is 15.7. The molecule has 0 aliphatic carbocycles. The largest absolute Gasteiger partial charge is 0.493 e. The third kappa shape index (κ3) is 4.75. The minimum atomic E-state index is -3.03. The Morgan fingerprint density at radius 3 is 2.63 bits per heavy atom. The highest BCUT2D eigenvalue weighted by Crippen LogP contribution is 2.32. The molecule has 0 saturated heterocycles. The first-order valence-electron chi connectivity index (χ1n) is 8.71. The van der Waals surface area contributed by atoms with Crippen molar-refractivity contribution in [3.8, 4) is 22.8 Å². The summed E-state index contributed by atoms with van der Waals surface area (Å²) in [6, 6.07) is 13.4.